The second-order valence-corrected chi connectivity index (χ2v) is 5.86. The molecule has 0 saturated heterocycles. The number of primary amides is 1. The van der Waals surface area contributed by atoms with E-state index in [4.69, 9.17) is 10.3 Å². The number of hydrogen-bond donors (Lipinski definition) is 2. The van der Waals surface area contributed by atoms with Crippen LogP contribution in [0.2, 0.25) is 0 Å². The number of amides is 3. The second kappa shape index (κ2) is 7.63. The number of aryl methyl sites for hydroxylation is 2. The molecule has 0 spiro atoms. The Bertz CT molecular complexity index is 726. The zero-order chi connectivity index (χ0) is 17.7. The van der Waals surface area contributed by atoms with E-state index in [0.717, 1.165) is 11.1 Å². The van der Waals surface area contributed by atoms with E-state index in [9.17, 15) is 9.59 Å². The first kappa shape index (κ1) is 17.5. The summed E-state index contributed by atoms with van der Waals surface area (Å²) in [5, 5.41) is 6.51. The van der Waals surface area contributed by atoms with Gasteiger partial charge in [0, 0.05) is 13.1 Å². The fourth-order valence-electron chi connectivity index (χ4n) is 2.46. The maximum Gasteiger partial charge on any atom is 0.312 e. The summed E-state index contributed by atoms with van der Waals surface area (Å²) in [7, 11) is 1.68. The molecule has 2 aromatic rings. The Balaban J connectivity index is 2.07. The van der Waals surface area contributed by atoms with Crippen molar-refractivity contribution in [3.8, 4) is 0 Å². The van der Waals surface area contributed by atoms with Gasteiger partial charge in [0.15, 0.2) is 0 Å². The van der Waals surface area contributed by atoms with Crippen molar-refractivity contribution >= 4 is 11.9 Å². The largest absolute Gasteiger partial charge is 0.361 e. The summed E-state index contributed by atoms with van der Waals surface area (Å²) in [4.78, 5) is 25.3. The summed E-state index contributed by atoms with van der Waals surface area (Å²) in [6.07, 6.45) is 0.111. The standard InChI is InChI=1S/C17H22N4O3/c1-11-5-4-6-13(7-11)15(19-17(18)23)9-16(22)21(3)10-14-8-12(2)24-20-14/h4-8,15H,9-10H2,1-3H3,(H3,18,19,23). The third-order valence-electron chi connectivity index (χ3n) is 3.64. The Labute approximate surface area is 140 Å². The van der Waals surface area contributed by atoms with Gasteiger partial charge in [-0.2, -0.15) is 0 Å². The minimum absolute atomic E-state index is 0.111. The molecule has 0 aliphatic heterocycles. The Morgan fingerprint density at radius 1 is 1.33 bits per heavy atom. The predicted octanol–water partition coefficient (Wildman–Crippen LogP) is 2.05. The molecule has 1 aromatic carbocycles. The van der Waals surface area contributed by atoms with Gasteiger partial charge in [0.1, 0.15) is 11.5 Å². The van der Waals surface area contributed by atoms with Crippen molar-refractivity contribution in [2.24, 2.45) is 5.73 Å². The van der Waals surface area contributed by atoms with Crippen LogP contribution < -0.4 is 11.1 Å². The normalized spacial score (nSPS) is 11.8. The quantitative estimate of drug-likeness (QED) is 0.846. The average Bonchev–Trinajstić information content (AvgIpc) is 2.91. The lowest BCUT2D eigenvalue weighted by atomic mass is 10.0. The first-order valence-electron chi connectivity index (χ1n) is 7.64. The van der Waals surface area contributed by atoms with E-state index in [2.05, 4.69) is 10.5 Å². The van der Waals surface area contributed by atoms with Crippen LogP contribution >= 0.6 is 0 Å². The molecule has 0 radical (unpaired) electrons. The van der Waals surface area contributed by atoms with Crippen LogP contribution in [0.5, 0.6) is 0 Å². The number of nitrogens with two attached hydrogens (primary N) is 1. The molecular formula is C17H22N4O3. The molecular weight excluding hydrogens is 308 g/mol. The maximum atomic E-state index is 12.5. The molecule has 1 aromatic heterocycles. The molecule has 1 unspecified atom stereocenters. The number of urea groups is 1. The van der Waals surface area contributed by atoms with Gasteiger partial charge in [-0.25, -0.2) is 4.79 Å². The van der Waals surface area contributed by atoms with Crippen LogP contribution in [0.15, 0.2) is 34.9 Å². The van der Waals surface area contributed by atoms with Crippen molar-refractivity contribution in [2.75, 3.05) is 7.05 Å². The van der Waals surface area contributed by atoms with E-state index < -0.39 is 12.1 Å². The average molecular weight is 330 g/mol. The van der Waals surface area contributed by atoms with Gasteiger partial charge in [0.2, 0.25) is 5.91 Å². The Hall–Kier alpha value is -2.83. The van der Waals surface area contributed by atoms with Gasteiger partial charge in [0.25, 0.3) is 0 Å². The Morgan fingerprint density at radius 2 is 2.08 bits per heavy atom. The van der Waals surface area contributed by atoms with Gasteiger partial charge in [-0.1, -0.05) is 35.0 Å². The molecule has 0 aliphatic carbocycles. The van der Waals surface area contributed by atoms with Gasteiger partial charge >= 0.3 is 6.03 Å². The van der Waals surface area contributed by atoms with Crippen LogP contribution in [0, 0.1) is 13.8 Å². The van der Waals surface area contributed by atoms with Crippen LogP contribution in [0.4, 0.5) is 4.79 Å². The van der Waals surface area contributed by atoms with Gasteiger partial charge in [-0.15, -0.1) is 0 Å². The number of rotatable bonds is 6. The summed E-state index contributed by atoms with van der Waals surface area (Å²) < 4.78 is 5.00. The molecule has 7 heteroatoms. The highest BCUT2D eigenvalue weighted by Crippen LogP contribution is 2.19. The van der Waals surface area contributed by atoms with Gasteiger partial charge in [-0.05, 0) is 19.4 Å². The lowest BCUT2D eigenvalue weighted by molar-refractivity contribution is -0.131. The number of nitrogens with zero attached hydrogens (tertiary/aromatic N) is 2. The van der Waals surface area contributed by atoms with Crippen LogP contribution in [-0.2, 0) is 11.3 Å². The summed E-state index contributed by atoms with van der Waals surface area (Å²) in [6, 6.07) is 8.26. The number of hydrogen-bond acceptors (Lipinski definition) is 4. The molecule has 0 saturated carbocycles. The van der Waals surface area contributed by atoms with Gasteiger partial charge in [0.05, 0.1) is 19.0 Å². The van der Waals surface area contributed by atoms with Crippen molar-refractivity contribution in [1.82, 2.24) is 15.4 Å². The van der Waals surface area contributed by atoms with Crippen molar-refractivity contribution in [2.45, 2.75) is 32.9 Å². The molecule has 1 atom stereocenters. The molecule has 0 fully saturated rings. The minimum Gasteiger partial charge on any atom is -0.361 e. The second-order valence-electron chi connectivity index (χ2n) is 5.86. The van der Waals surface area contributed by atoms with Gasteiger partial charge < -0.3 is 20.5 Å². The summed E-state index contributed by atoms with van der Waals surface area (Å²) in [5.74, 6) is 0.565. The number of aromatic nitrogens is 1. The highest BCUT2D eigenvalue weighted by Gasteiger charge is 2.20. The molecule has 7 nitrogen and oxygen atoms in total. The zero-order valence-corrected chi connectivity index (χ0v) is 14.1. The predicted molar refractivity (Wildman–Crippen MR) is 89.0 cm³/mol. The number of carbonyl (C=O) groups is 2. The molecule has 1 heterocycles. The van der Waals surface area contributed by atoms with E-state index in [0.29, 0.717) is 18.0 Å². The first-order chi connectivity index (χ1) is 11.3. The number of benzene rings is 1. The van der Waals surface area contributed by atoms with Gasteiger partial charge in [-0.3, -0.25) is 4.79 Å². The molecule has 0 aliphatic rings. The van der Waals surface area contributed by atoms with Crippen molar-refractivity contribution < 1.29 is 14.1 Å². The first-order valence-corrected chi connectivity index (χ1v) is 7.64. The molecule has 3 amide bonds. The summed E-state index contributed by atoms with van der Waals surface area (Å²) in [6.45, 7) is 4.09. The van der Waals surface area contributed by atoms with E-state index in [1.54, 1.807) is 24.9 Å². The summed E-state index contributed by atoms with van der Waals surface area (Å²) in [5.41, 5.74) is 7.81. The SMILES string of the molecule is Cc1cccc(C(CC(=O)N(C)Cc2cc(C)on2)NC(N)=O)c1. The Morgan fingerprint density at radius 3 is 2.67 bits per heavy atom. The van der Waals surface area contributed by atoms with Crippen molar-refractivity contribution in [3.63, 3.8) is 0 Å². The molecule has 3 N–H and O–H groups in total. The molecule has 0 bridgehead atoms. The fourth-order valence-corrected chi connectivity index (χ4v) is 2.46. The van der Waals surface area contributed by atoms with E-state index in [1.165, 1.54) is 0 Å². The lowest BCUT2D eigenvalue weighted by Gasteiger charge is -2.22. The third-order valence-corrected chi connectivity index (χ3v) is 3.64. The van der Waals surface area contributed by atoms with Crippen LogP contribution in [0.3, 0.4) is 0 Å². The monoisotopic (exact) mass is 330 g/mol. The maximum absolute atomic E-state index is 12.5. The van der Waals surface area contributed by atoms with E-state index >= 15 is 0 Å². The van der Waals surface area contributed by atoms with Crippen LogP contribution in [0.25, 0.3) is 0 Å². The number of carbonyl (C=O) groups excluding carboxylic acids is 2. The summed E-state index contributed by atoms with van der Waals surface area (Å²) >= 11 is 0. The zero-order valence-electron chi connectivity index (χ0n) is 14.1. The van der Waals surface area contributed by atoms with E-state index in [-0.39, 0.29) is 12.3 Å². The van der Waals surface area contributed by atoms with Crippen LogP contribution in [0.1, 0.15) is 35.0 Å². The smallest absolute Gasteiger partial charge is 0.312 e. The Kier molecular flexibility index (Phi) is 5.57. The minimum atomic E-state index is -0.663. The van der Waals surface area contributed by atoms with Crippen molar-refractivity contribution in [1.29, 1.82) is 0 Å². The fraction of sp³-hybridized carbons (Fsp3) is 0.353. The number of nitrogens with one attached hydrogen (secondary N) is 1. The van der Waals surface area contributed by atoms with Crippen LogP contribution in [-0.4, -0.2) is 29.0 Å². The highest BCUT2D eigenvalue weighted by atomic mass is 16.5. The third kappa shape index (κ3) is 4.84. The van der Waals surface area contributed by atoms with E-state index in [1.807, 2.05) is 31.2 Å². The molecule has 128 valence electrons. The molecule has 24 heavy (non-hydrogen) atoms. The lowest BCUT2D eigenvalue weighted by Crippen LogP contribution is -2.37. The highest BCUT2D eigenvalue weighted by molar-refractivity contribution is 5.78. The van der Waals surface area contributed by atoms with Crippen molar-refractivity contribution in [3.05, 3.63) is 52.9 Å². The molecule has 2 rings (SSSR count). The topological polar surface area (TPSA) is 101 Å².